The van der Waals surface area contributed by atoms with Crippen LogP contribution in [-0.4, -0.2) is 49.0 Å². The fourth-order valence-electron chi connectivity index (χ4n) is 4.81. The maximum Gasteiger partial charge on any atom is 0.189 e. The van der Waals surface area contributed by atoms with E-state index in [1.165, 1.54) is 18.2 Å². The predicted molar refractivity (Wildman–Crippen MR) is 205 cm³/mol. The Morgan fingerprint density at radius 3 is 0.855 bits per heavy atom. The van der Waals surface area contributed by atoms with Crippen LogP contribution in [0.4, 0.5) is 0 Å². The molecular formula is C39H48FeN12O3. The van der Waals surface area contributed by atoms with Gasteiger partial charge in [0.25, 0.3) is 0 Å². The Morgan fingerprint density at radius 2 is 0.655 bits per heavy atom. The molecule has 0 radical (unpaired) electrons. The Bertz CT molecular complexity index is 1730. The second-order valence-corrected chi connectivity index (χ2v) is 15.1. The van der Waals surface area contributed by atoms with Gasteiger partial charge in [0.1, 0.15) is 0 Å². The van der Waals surface area contributed by atoms with Crippen LogP contribution in [0.3, 0.4) is 0 Å². The third-order valence-electron chi connectivity index (χ3n) is 7.55. The number of allylic oxidation sites excluding steroid dienone is 3. The number of rotatable bonds is 6. The molecule has 0 saturated heterocycles. The van der Waals surface area contributed by atoms with Gasteiger partial charge in [-0.15, -0.1) is 15.3 Å². The number of hydrogen-bond donors (Lipinski definition) is 3. The van der Waals surface area contributed by atoms with Crippen molar-refractivity contribution in [2.45, 2.75) is 78.9 Å². The van der Waals surface area contributed by atoms with E-state index in [-0.39, 0.29) is 51.0 Å². The summed E-state index contributed by atoms with van der Waals surface area (Å²) in [5, 5.41) is 28.3. The number of carbonyl (C=O) groups excluding carboxylic acids is 3. The minimum absolute atomic E-state index is 0. The van der Waals surface area contributed by atoms with Crippen LogP contribution >= 0.6 is 0 Å². The van der Waals surface area contributed by atoms with Gasteiger partial charge in [-0.25, -0.2) is 15.0 Å². The summed E-state index contributed by atoms with van der Waals surface area (Å²) < 4.78 is 0. The van der Waals surface area contributed by atoms with Crippen LogP contribution in [0, 0.1) is 0 Å². The van der Waals surface area contributed by atoms with Gasteiger partial charge in [-0.1, -0.05) is 107 Å². The van der Waals surface area contributed by atoms with Gasteiger partial charge in [0.05, 0.1) is 16.6 Å². The molecule has 3 aromatic rings. The molecule has 3 aliphatic rings. The molecule has 15 nitrogen and oxygen atoms in total. The summed E-state index contributed by atoms with van der Waals surface area (Å²) in [6.07, 6.45) is 4.47. The monoisotopic (exact) mass is 788 g/mol. The topological polar surface area (TPSA) is 171 Å². The standard InChI is InChI=1S/3C13H16N4O.Fe/c3*1-13(2,3)17-12(14-15-16-17)9-11(18)10-7-5-4-6-8-10;/h3*4-9H,1-3H3,(H,14,16);/b3*12-9+;. The average Bonchev–Trinajstić information content (AvgIpc) is 3.91. The molecule has 0 amide bonds. The molecule has 3 N–H and O–H groups in total. The van der Waals surface area contributed by atoms with Gasteiger partial charge in [0.2, 0.25) is 0 Å². The molecular weight excluding hydrogens is 740 g/mol. The zero-order chi connectivity index (χ0) is 39.5. The Kier molecular flexibility index (Phi) is 14.9. The van der Waals surface area contributed by atoms with Gasteiger partial charge in [0.15, 0.2) is 34.8 Å². The van der Waals surface area contributed by atoms with E-state index in [9.17, 15) is 14.4 Å². The van der Waals surface area contributed by atoms with E-state index in [4.69, 9.17) is 0 Å². The van der Waals surface area contributed by atoms with Crippen LogP contribution in [0.5, 0.6) is 0 Å². The molecule has 0 unspecified atom stereocenters. The van der Waals surface area contributed by atoms with E-state index in [2.05, 4.69) is 47.6 Å². The van der Waals surface area contributed by atoms with Crippen molar-refractivity contribution in [3.8, 4) is 0 Å². The molecule has 0 atom stereocenters. The Balaban J connectivity index is 0.000000220. The fraction of sp³-hybridized carbons (Fsp3) is 0.308. The molecule has 3 aromatic carbocycles. The first-order valence-electron chi connectivity index (χ1n) is 17.3. The van der Waals surface area contributed by atoms with E-state index >= 15 is 0 Å². The zero-order valence-corrected chi connectivity index (χ0v) is 33.6. The van der Waals surface area contributed by atoms with Gasteiger partial charge >= 0.3 is 0 Å². The van der Waals surface area contributed by atoms with Crippen LogP contribution < -0.4 is 16.6 Å². The number of hydrazine groups is 3. The van der Waals surface area contributed by atoms with Crippen molar-refractivity contribution in [1.29, 1.82) is 0 Å². The van der Waals surface area contributed by atoms with Crippen LogP contribution in [0.25, 0.3) is 0 Å². The minimum atomic E-state index is -0.202. The summed E-state index contributed by atoms with van der Waals surface area (Å²) in [6, 6.07) is 27.3. The summed E-state index contributed by atoms with van der Waals surface area (Å²) >= 11 is 0. The molecule has 0 spiro atoms. The second-order valence-electron chi connectivity index (χ2n) is 15.1. The predicted octanol–water partition coefficient (Wildman–Crippen LogP) is 8.09. The van der Waals surface area contributed by atoms with E-state index in [1.54, 1.807) is 51.4 Å². The first kappa shape index (κ1) is 43.4. The smallest absolute Gasteiger partial charge is 0.189 e. The van der Waals surface area contributed by atoms with E-state index in [1.807, 2.05) is 117 Å². The van der Waals surface area contributed by atoms with Crippen LogP contribution in [-0.2, 0) is 17.1 Å². The molecule has 6 rings (SSSR count). The fourth-order valence-corrected chi connectivity index (χ4v) is 4.81. The average molecular weight is 789 g/mol. The van der Waals surface area contributed by atoms with Gasteiger partial charge in [-0.2, -0.15) is 16.6 Å². The van der Waals surface area contributed by atoms with Crippen molar-refractivity contribution in [2.24, 2.45) is 31.0 Å². The normalized spacial score (nSPS) is 16.7. The van der Waals surface area contributed by atoms with Gasteiger partial charge < -0.3 is 0 Å². The van der Waals surface area contributed by atoms with Gasteiger partial charge in [0, 0.05) is 52.0 Å². The first-order valence-corrected chi connectivity index (χ1v) is 17.3. The zero-order valence-electron chi connectivity index (χ0n) is 32.5. The van der Waals surface area contributed by atoms with Gasteiger partial charge in [-0.05, 0) is 62.3 Å². The van der Waals surface area contributed by atoms with E-state index in [0.717, 1.165) is 0 Å². The molecule has 0 bridgehead atoms. The number of carbonyl (C=O) groups is 3. The van der Waals surface area contributed by atoms with E-state index in [0.29, 0.717) is 34.2 Å². The summed E-state index contributed by atoms with van der Waals surface area (Å²) in [4.78, 5) is 36.1. The van der Waals surface area contributed by atoms with Crippen molar-refractivity contribution in [3.05, 3.63) is 143 Å². The quantitative estimate of drug-likeness (QED) is 0.127. The molecule has 290 valence electrons. The van der Waals surface area contributed by atoms with Crippen molar-refractivity contribution in [1.82, 2.24) is 31.6 Å². The largest absolute Gasteiger partial charge is 0.289 e. The number of benzene rings is 3. The molecule has 3 heterocycles. The number of ketones is 3. The SMILES string of the molecule is CC(C)(C)N1NN=N/C1=C\C(=O)c1ccccc1.CC(C)(C)N1NN=N/C1=C\C(=O)c1ccccc1.CC(C)(C)N1NN=N/C1=C\C(=O)c1ccccc1.[Fe]. The van der Waals surface area contributed by atoms with Gasteiger partial charge in [-0.3, -0.25) is 14.4 Å². The summed E-state index contributed by atoms with van der Waals surface area (Å²) in [5.74, 6) is 1.33. The van der Waals surface area contributed by atoms with Crippen molar-refractivity contribution in [3.63, 3.8) is 0 Å². The maximum absolute atomic E-state index is 12.0. The van der Waals surface area contributed by atoms with Crippen molar-refractivity contribution < 1.29 is 31.5 Å². The number of hydrogen-bond acceptors (Lipinski definition) is 15. The first-order chi connectivity index (χ1) is 25.4. The Hall–Kier alpha value is -5.99. The summed E-state index contributed by atoms with van der Waals surface area (Å²) in [6.45, 7) is 18.1. The summed E-state index contributed by atoms with van der Waals surface area (Å²) in [7, 11) is 0. The van der Waals surface area contributed by atoms with E-state index < -0.39 is 0 Å². The molecule has 0 aromatic heterocycles. The van der Waals surface area contributed by atoms with Crippen molar-refractivity contribution >= 4 is 17.3 Å². The summed E-state index contributed by atoms with van der Waals surface area (Å²) in [5.41, 5.74) is 9.64. The maximum atomic E-state index is 12.0. The minimum Gasteiger partial charge on any atom is -0.289 e. The van der Waals surface area contributed by atoms with Crippen LogP contribution in [0.2, 0.25) is 0 Å². The number of nitrogens with one attached hydrogen (secondary N) is 3. The van der Waals surface area contributed by atoms with Crippen molar-refractivity contribution in [2.75, 3.05) is 0 Å². The molecule has 55 heavy (non-hydrogen) atoms. The molecule has 0 saturated carbocycles. The molecule has 0 fully saturated rings. The Labute approximate surface area is 332 Å². The molecule has 16 heteroatoms. The van der Waals surface area contributed by atoms with Crippen LogP contribution in [0.15, 0.2) is 158 Å². The third-order valence-corrected chi connectivity index (χ3v) is 7.55. The molecule has 0 aliphatic carbocycles. The Morgan fingerprint density at radius 1 is 0.436 bits per heavy atom. The second kappa shape index (κ2) is 18.9. The molecule has 3 aliphatic heterocycles. The van der Waals surface area contributed by atoms with Crippen LogP contribution in [0.1, 0.15) is 93.4 Å². The number of nitrogens with zero attached hydrogens (tertiary/aromatic N) is 9. The third kappa shape index (κ3) is 12.5.